The molecule has 108 valence electrons. The van der Waals surface area contributed by atoms with Gasteiger partial charge in [-0.25, -0.2) is 0 Å². The Kier molecular flexibility index (Phi) is 3.84. The average molecular weight is 301 g/mol. The van der Waals surface area contributed by atoms with E-state index in [9.17, 15) is 4.79 Å². The molecule has 1 aliphatic heterocycles. The van der Waals surface area contributed by atoms with Crippen LogP contribution < -0.4 is 10.2 Å². The fourth-order valence-corrected chi connectivity index (χ4v) is 2.94. The van der Waals surface area contributed by atoms with Crippen LogP contribution in [0.15, 0.2) is 48.5 Å². The Morgan fingerprint density at radius 2 is 2.05 bits per heavy atom. The molecular weight excluding hydrogens is 284 g/mol. The number of hydrogen-bond acceptors (Lipinski definition) is 2. The van der Waals surface area contributed by atoms with Crippen molar-refractivity contribution in [2.24, 2.45) is 0 Å². The molecule has 1 aliphatic rings. The van der Waals surface area contributed by atoms with E-state index in [1.165, 1.54) is 11.3 Å². The van der Waals surface area contributed by atoms with Crippen LogP contribution >= 0.6 is 11.6 Å². The summed E-state index contributed by atoms with van der Waals surface area (Å²) in [6.45, 7) is 0.928. The lowest BCUT2D eigenvalue weighted by Crippen LogP contribution is -2.36. The van der Waals surface area contributed by atoms with Crippen molar-refractivity contribution in [3.8, 4) is 0 Å². The van der Waals surface area contributed by atoms with Crippen LogP contribution in [0.25, 0.3) is 0 Å². The maximum atomic E-state index is 12.4. The normalized spacial score (nSPS) is 17.2. The Balaban J connectivity index is 1.83. The van der Waals surface area contributed by atoms with E-state index in [1.54, 1.807) is 24.3 Å². The number of fused-ring (bicyclic) bond motifs is 1. The van der Waals surface area contributed by atoms with Gasteiger partial charge in [0.1, 0.15) is 0 Å². The van der Waals surface area contributed by atoms with E-state index in [0.29, 0.717) is 10.6 Å². The van der Waals surface area contributed by atoms with Crippen molar-refractivity contribution < 1.29 is 4.79 Å². The fourth-order valence-electron chi connectivity index (χ4n) is 2.75. The topological polar surface area (TPSA) is 32.3 Å². The summed E-state index contributed by atoms with van der Waals surface area (Å²) in [6, 6.07) is 15.3. The van der Waals surface area contributed by atoms with Crippen molar-refractivity contribution >= 4 is 23.2 Å². The second kappa shape index (κ2) is 5.78. The Morgan fingerprint density at radius 1 is 1.24 bits per heavy atom. The van der Waals surface area contributed by atoms with Crippen LogP contribution in [-0.2, 0) is 0 Å². The third-order valence-corrected chi connectivity index (χ3v) is 4.10. The molecule has 0 saturated carbocycles. The zero-order valence-electron chi connectivity index (χ0n) is 11.8. The minimum atomic E-state index is -0.0816. The maximum absolute atomic E-state index is 12.4. The molecule has 1 atom stereocenters. The molecule has 1 N–H and O–H groups in total. The van der Waals surface area contributed by atoms with E-state index in [1.807, 2.05) is 12.1 Å². The van der Waals surface area contributed by atoms with Gasteiger partial charge in [-0.3, -0.25) is 4.79 Å². The van der Waals surface area contributed by atoms with Crippen LogP contribution in [0.5, 0.6) is 0 Å². The third-order valence-electron chi connectivity index (χ3n) is 3.87. The van der Waals surface area contributed by atoms with E-state index in [4.69, 9.17) is 11.6 Å². The number of amides is 1. The van der Waals surface area contributed by atoms with Gasteiger partial charge in [-0.2, -0.15) is 0 Å². The number of carbonyl (C=O) groups is 1. The van der Waals surface area contributed by atoms with Gasteiger partial charge in [-0.05, 0) is 36.2 Å². The van der Waals surface area contributed by atoms with Crippen molar-refractivity contribution in [1.29, 1.82) is 0 Å². The molecular formula is C17H17ClN2O. The van der Waals surface area contributed by atoms with Gasteiger partial charge >= 0.3 is 0 Å². The second-order valence-electron chi connectivity index (χ2n) is 5.31. The molecule has 0 radical (unpaired) electrons. The van der Waals surface area contributed by atoms with Gasteiger partial charge in [0.15, 0.2) is 0 Å². The summed E-state index contributed by atoms with van der Waals surface area (Å²) >= 11 is 5.95. The Hall–Kier alpha value is -2.00. The smallest absolute Gasteiger partial charge is 0.251 e. The van der Waals surface area contributed by atoms with Gasteiger partial charge < -0.3 is 10.2 Å². The van der Waals surface area contributed by atoms with Crippen LogP contribution in [0.3, 0.4) is 0 Å². The predicted octanol–water partition coefficient (Wildman–Crippen LogP) is 3.65. The zero-order chi connectivity index (χ0) is 14.8. The maximum Gasteiger partial charge on any atom is 0.251 e. The van der Waals surface area contributed by atoms with E-state index in [2.05, 4.69) is 29.4 Å². The number of para-hydroxylation sites is 1. The SMILES string of the molecule is CN1CCC(NC(=O)c2cccc(Cl)c2)c2ccccc21. The summed E-state index contributed by atoms with van der Waals surface area (Å²) in [7, 11) is 2.08. The Bertz CT molecular complexity index is 671. The first-order chi connectivity index (χ1) is 10.1. The fraction of sp³-hybridized carbons (Fsp3) is 0.235. The van der Waals surface area contributed by atoms with Crippen molar-refractivity contribution in [3.63, 3.8) is 0 Å². The summed E-state index contributed by atoms with van der Waals surface area (Å²) < 4.78 is 0. The Morgan fingerprint density at radius 3 is 2.86 bits per heavy atom. The molecule has 4 heteroatoms. The Labute approximate surface area is 129 Å². The molecule has 0 bridgehead atoms. The monoisotopic (exact) mass is 300 g/mol. The molecule has 0 fully saturated rings. The van der Waals surface area contributed by atoms with E-state index in [0.717, 1.165) is 13.0 Å². The highest BCUT2D eigenvalue weighted by atomic mass is 35.5. The highest BCUT2D eigenvalue weighted by molar-refractivity contribution is 6.30. The standard InChI is InChI=1S/C17H17ClN2O/c1-20-10-9-15(14-7-2-3-8-16(14)20)19-17(21)12-5-4-6-13(18)11-12/h2-8,11,15H,9-10H2,1H3,(H,19,21). The minimum absolute atomic E-state index is 0.0453. The largest absolute Gasteiger partial charge is 0.374 e. The van der Waals surface area contributed by atoms with Crippen LogP contribution in [0.2, 0.25) is 5.02 Å². The molecule has 1 unspecified atom stereocenters. The van der Waals surface area contributed by atoms with E-state index < -0.39 is 0 Å². The minimum Gasteiger partial charge on any atom is -0.374 e. The highest BCUT2D eigenvalue weighted by Gasteiger charge is 2.24. The van der Waals surface area contributed by atoms with E-state index in [-0.39, 0.29) is 11.9 Å². The van der Waals surface area contributed by atoms with Crippen molar-refractivity contribution in [1.82, 2.24) is 5.32 Å². The van der Waals surface area contributed by atoms with Gasteiger partial charge in [0.2, 0.25) is 0 Å². The number of nitrogens with zero attached hydrogens (tertiary/aromatic N) is 1. The van der Waals surface area contributed by atoms with E-state index >= 15 is 0 Å². The quantitative estimate of drug-likeness (QED) is 0.918. The average Bonchev–Trinajstić information content (AvgIpc) is 2.50. The number of halogens is 1. The number of rotatable bonds is 2. The molecule has 1 amide bonds. The lowest BCUT2D eigenvalue weighted by atomic mass is 9.96. The summed E-state index contributed by atoms with van der Waals surface area (Å²) in [5.74, 6) is -0.0816. The molecule has 1 heterocycles. The molecule has 3 rings (SSSR count). The molecule has 0 aliphatic carbocycles. The third kappa shape index (κ3) is 2.88. The summed E-state index contributed by atoms with van der Waals surface area (Å²) in [4.78, 5) is 14.6. The van der Waals surface area contributed by atoms with Gasteiger partial charge in [0, 0.05) is 29.9 Å². The van der Waals surface area contributed by atoms with Crippen LogP contribution in [0.1, 0.15) is 28.4 Å². The summed E-state index contributed by atoms with van der Waals surface area (Å²) in [5.41, 5.74) is 2.95. The number of carbonyl (C=O) groups excluding carboxylic acids is 1. The molecule has 0 spiro atoms. The highest BCUT2D eigenvalue weighted by Crippen LogP contribution is 2.32. The molecule has 0 saturated heterocycles. The molecule has 21 heavy (non-hydrogen) atoms. The van der Waals surface area contributed by atoms with Crippen molar-refractivity contribution in [3.05, 3.63) is 64.7 Å². The first kappa shape index (κ1) is 14.0. The summed E-state index contributed by atoms with van der Waals surface area (Å²) in [6.07, 6.45) is 0.903. The lowest BCUT2D eigenvalue weighted by molar-refractivity contribution is 0.0934. The first-order valence-electron chi connectivity index (χ1n) is 7.01. The molecule has 2 aromatic rings. The van der Waals surface area contributed by atoms with Gasteiger partial charge in [0.25, 0.3) is 5.91 Å². The van der Waals surface area contributed by atoms with Gasteiger partial charge in [0.05, 0.1) is 6.04 Å². The first-order valence-corrected chi connectivity index (χ1v) is 7.39. The molecule has 2 aromatic carbocycles. The number of benzene rings is 2. The number of anilines is 1. The number of hydrogen-bond donors (Lipinski definition) is 1. The van der Waals surface area contributed by atoms with Gasteiger partial charge in [-0.1, -0.05) is 35.9 Å². The van der Waals surface area contributed by atoms with Crippen LogP contribution in [0, 0.1) is 0 Å². The second-order valence-corrected chi connectivity index (χ2v) is 5.74. The zero-order valence-corrected chi connectivity index (χ0v) is 12.6. The predicted molar refractivity (Wildman–Crippen MR) is 86.0 cm³/mol. The van der Waals surface area contributed by atoms with Crippen molar-refractivity contribution in [2.75, 3.05) is 18.5 Å². The molecule has 0 aromatic heterocycles. The van der Waals surface area contributed by atoms with Crippen LogP contribution in [-0.4, -0.2) is 19.5 Å². The summed E-state index contributed by atoms with van der Waals surface area (Å²) in [5, 5.41) is 3.69. The van der Waals surface area contributed by atoms with Gasteiger partial charge in [-0.15, -0.1) is 0 Å². The molecule has 3 nitrogen and oxygen atoms in total. The van der Waals surface area contributed by atoms with Crippen molar-refractivity contribution in [2.45, 2.75) is 12.5 Å². The lowest BCUT2D eigenvalue weighted by Gasteiger charge is -2.33. The number of nitrogens with one attached hydrogen (secondary N) is 1. The van der Waals surface area contributed by atoms with Crippen LogP contribution in [0.4, 0.5) is 5.69 Å².